The number of hydrogen-bond acceptors (Lipinski definition) is 6. The molecule has 0 radical (unpaired) electrons. The largest absolute Gasteiger partial charge is 0.455 e. The lowest BCUT2D eigenvalue weighted by Crippen LogP contribution is -2.38. The summed E-state index contributed by atoms with van der Waals surface area (Å²) in [5.74, 6) is 0. The van der Waals surface area contributed by atoms with Crippen LogP contribution in [0, 0.1) is 13.8 Å². The normalized spacial score (nSPS) is 14.1. The van der Waals surface area contributed by atoms with Crippen molar-refractivity contribution in [2.45, 2.75) is 38.9 Å². The second-order valence-corrected chi connectivity index (χ2v) is 31.5. The molecule has 14 aromatic carbocycles. The summed E-state index contributed by atoms with van der Waals surface area (Å²) >= 11 is 0. The van der Waals surface area contributed by atoms with Crippen LogP contribution in [0.2, 0.25) is 19.6 Å². The van der Waals surface area contributed by atoms with Gasteiger partial charge in [0, 0.05) is 60.2 Å². The summed E-state index contributed by atoms with van der Waals surface area (Å²) < 4.78 is 29.6. The number of para-hydroxylation sites is 6. The number of nitrogens with zero attached hydrogens (tertiary/aromatic N) is 2. The molecule has 1 unspecified atom stereocenters. The van der Waals surface area contributed by atoms with Gasteiger partial charge in [0.1, 0.15) is 27.9 Å². The zero-order valence-electron chi connectivity index (χ0n) is 52.0. The first-order chi connectivity index (χ1) is 45.6. The number of rotatable bonds is 9. The second kappa shape index (κ2) is 19.8. The molecule has 7 heteroatoms. The van der Waals surface area contributed by atoms with E-state index < -0.39 is 13.5 Å². The van der Waals surface area contributed by atoms with Gasteiger partial charge in [-0.2, -0.15) is 0 Å². The molecule has 0 fully saturated rings. The molecule has 0 spiro atoms. The van der Waals surface area contributed by atoms with Crippen LogP contribution >= 0.6 is 0 Å². The Bertz CT molecular complexity index is 6170. The Labute approximate surface area is 537 Å². The van der Waals surface area contributed by atoms with Crippen molar-refractivity contribution < 1.29 is 17.7 Å². The monoisotopic (exact) mass is 1210 g/mol. The predicted molar refractivity (Wildman–Crippen MR) is 390 cm³/mol. The van der Waals surface area contributed by atoms with Crippen molar-refractivity contribution in [3.05, 3.63) is 306 Å². The predicted octanol–water partition coefficient (Wildman–Crippen LogP) is 24.1. The maximum atomic E-state index is 7.78. The standard InChI is InChI=1S/C86H60N2O4Si/c1-51-36-37-52(2)67(46-51)86(57-40-44-60(45-41-57)93(3,4)5)68-50-73(88(59-43-39-54-21-7-9-23-56(54)48-59)71-31-19-29-64-62-25-11-15-33-75(62)90-83(64)71)84-79(66-27-13-17-35-77(66)91-84)80(68)81-69(86)49-72(78-65-26-12-16-34-76(65)92-85(78)81)87(58-42-38-53-20-6-8-22-55(53)47-58)70-30-18-28-63-61-24-10-14-32-74(61)89-82(63)70/h6-50H,1-5H3. The van der Waals surface area contributed by atoms with Gasteiger partial charge in [0.2, 0.25) is 0 Å². The minimum Gasteiger partial charge on any atom is -0.455 e. The van der Waals surface area contributed by atoms with Gasteiger partial charge in [0.05, 0.1) is 41.6 Å². The molecular formula is C86H60N2O4Si. The molecule has 1 atom stereocenters. The van der Waals surface area contributed by atoms with Crippen molar-refractivity contribution in [2.75, 3.05) is 9.80 Å². The second-order valence-electron chi connectivity index (χ2n) is 26.4. The van der Waals surface area contributed by atoms with Gasteiger partial charge in [-0.25, -0.2) is 0 Å². The molecule has 6 nitrogen and oxygen atoms in total. The fourth-order valence-electron chi connectivity index (χ4n) is 15.7. The van der Waals surface area contributed by atoms with E-state index in [1.165, 1.54) is 10.8 Å². The molecule has 1 aliphatic rings. The number of fused-ring (bicyclic) bond motifs is 19. The van der Waals surface area contributed by atoms with Crippen molar-refractivity contribution in [2.24, 2.45) is 0 Å². The molecular weight excluding hydrogens is 1150 g/mol. The average Bonchev–Trinajstić information content (AvgIpc) is 1.50. The third-order valence-electron chi connectivity index (χ3n) is 20.0. The highest BCUT2D eigenvalue weighted by Gasteiger charge is 2.51. The molecule has 19 rings (SSSR count). The smallest absolute Gasteiger partial charge is 0.160 e. The SMILES string of the molecule is Cc1ccc(C)c(C2(c3ccc([Si](C)(C)C)cc3)c3cc(N(c4ccc5ccccc5c4)c4cccc5c4oc4ccccc45)c4c(oc5ccccc54)c3-c3c2cc(N(c2ccc4ccccc4c2)c2cccc4c2oc2ccccc24)c2oc4ccccc4c32)c1. The number of anilines is 6. The van der Waals surface area contributed by atoms with Crippen molar-refractivity contribution in [3.63, 3.8) is 0 Å². The van der Waals surface area contributed by atoms with Crippen LogP contribution in [0.5, 0.6) is 0 Å². The Morgan fingerprint density at radius 2 is 0.763 bits per heavy atom. The number of hydrogen-bond donors (Lipinski definition) is 0. The van der Waals surface area contributed by atoms with Crippen molar-refractivity contribution in [1.82, 2.24) is 0 Å². The quantitative estimate of drug-likeness (QED) is 0.134. The highest BCUT2D eigenvalue weighted by atomic mass is 28.3. The zero-order valence-corrected chi connectivity index (χ0v) is 53.0. The maximum Gasteiger partial charge on any atom is 0.160 e. The van der Waals surface area contributed by atoms with E-state index in [-0.39, 0.29) is 0 Å². The van der Waals surface area contributed by atoms with Crippen LogP contribution in [0.1, 0.15) is 33.4 Å². The molecule has 0 N–H and O–H groups in total. The number of benzene rings is 14. The summed E-state index contributed by atoms with van der Waals surface area (Å²) in [5.41, 5.74) is 19.8. The van der Waals surface area contributed by atoms with Gasteiger partial charge < -0.3 is 27.5 Å². The van der Waals surface area contributed by atoms with E-state index >= 15 is 0 Å². The van der Waals surface area contributed by atoms with E-state index in [1.54, 1.807) is 0 Å². The van der Waals surface area contributed by atoms with Crippen molar-refractivity contribution in [1.29, 1.82) is 0 Å². The molecule has 4 aromatic heterocycles. The minimum absolute atomic E-state index is 0.746. The molecule has 0 saturated heterocycles. The van der Waals surface area contributed by atoms with Gasteiger partial charge in [-0.15, -0.1) is 0 Å². The summed E-state index contributed by atoms with van der Waals surface area (Å²) in [7, 11) is -1.84. The molecule has 0 amide bonds. The summed E-state index contributed by atoms with van der Waals surface area (Å²) in [4.78, 5) is 4.86. The Balaban J connectivity index is 1.03. The molecule has 0 aliphatic heterocycles. The molecule has 0 saturated carbocycles. The van der Waals surface area contributed by atoms with Crippen LogP contribution < -0.4 is 15.0 Å². The van der Waals surface area contributed by atoms with Gasteiger partial charge in [-0.05, 0) is 136 Å². The molecule has 442 valence electrons. The van der Waals surface area contributed by atoms with Gasteiger partial charge in [-0.1, -0.05) is 231 Å². The summed E-state index contributed by atoms with van der Waals surface area (Å²) in [5, 5.41) is 14.1. The summed E-state index contributed by atoms with van der Waals surface area (Å²) in [6.45, 7) is 11.8. The van der Waals surface area contributed by atoms with Crippen LogP contribution in [0.4, 0.5) is 34.1 Å². The molecule has 0 bridgehead atoms. The highest BCUT2D eigenvalue weighted by Crippen LogP contribution is 2.65. The lowest BCUT2D eigenvalue weighted by molar-refractivity contribution is 0.666. The Kier molecular flexibility index (Phi) is 11.4. The summed E-state index contributed by atoms with van der Waals surface area (Å²) in [6, 6.07) is 99.8. The molecule has 93 heavy (non-hydrogen) atoms. The van der Waals surface area contributed by atoms with E-state index in [0.29, 0.717) is 0 Å². The van der Waals surface area contributed by atoms with E-state index in [0.717, 1.165) is 182 Å². The molecule has 1 aliphatic carbocycles. The Morgan fingerprint density at radius 1 is 0.312 bits per heavy atom. The fourth-order valence-corrected chi connectivity index (χ4v) is 16.9. The lowest BCUT2D eigenvalue weighted by atomic mass is 9.66. The maximum absolute atomic E-state index is 7.78. The first kappa shape index (κ1) is 53.5. The molecule has 18 aromatic rings. The van der Waals surface area contributed by atoms with E-state index in [1.807, 2.05) is 0 Å². The van der Waals surface area contributed by atoms with Crippen LogP contribution in [0.3, 0.4) is 0 Å². The van der Waals surface area contributed by atoms with Crippen LogP contribution in [0.15, 0.2) is 291 Å². The van der Waals surface area contributed by atoms with Gasteiger partial charge in [0.25, 0.3) is 0 Å². The number of aryl methyl sites for hydroxylation is 2. The Hall–Kier alpha value is -11.4. The lowest BCUT2D eigenvalue weighted by Gasteiger charge is -2.37. The highest BCUT2D eigenvalue weighted by molar-refractivity contribution is 6.88. The van der Waals surface area contributed by atoms with Gasteiger partial charge >= 0.3 is 0 Å². The molecule has 4 heterocycles. The third-order valence-corrected chi connectivity index (χ3v) is 22.1. The Morgan fingerprint density at radius 3 is 1.33 bits per heavy atom. The fraction of sp³-hybridized carbons (Fsp3) is 0.0698. The van der Waals surface area contributed by atoms with E-state index in [9.17, 15) is 0 Å². The first-order valence-electron chi connectivity index (χ1n) is 32.1. The average molecular weight is 1210 g/mol. The summed E-state index contributed by atoms with van der Waals surface area (Å²) in [6.07, 6.45) is 0. The van der Waals surface area contributed by atoms with Crippen LogP contribution in [0.25, 0.3) is 120 Å². The topological polar surface area (TPSA) is 59.0 Å². The van der Waals surface area contributed by atoms with Crippen molar-refractivity contribution >= 4 is 157 Å². The van der Waals surface area contributed by atoms with E-state index in [4.69, 9.17) is 17.7 Å². The minimum atomic E-state index is -1.84. The van der Waals surface area contributed by atoms with Crippen LogP contribution in [-0.4, -0.2) is 8.07 Å². The first-order valence-corrected chi connectivity index (χ1v) is 35.6. The van der Waals surface area contributed by atoms with Crippen molar-refractivity contribution in [3.8, 4) is 11.1 Å². The zero-order chi connectivity index (χ0) is 62.0. The van der Waals surface area contributed by atoms with Gasteiger partial charge in [-0.3, -0.25) is 0 Å². The third kappa shape index (κ3) is 7.75. The van der Waals surface area contributed by atoms with E-state index in [2.05, 4.69) is 316 Å². The van der Waals surface area contributed by atoms with Gasteiger partial charge in [0.15, 0.2) is 16.7 Å². The van der Waals surface area contributed by atoms with Crippen LogP contribution in [-0.2, 0) is 5.41 Å². The number of furan rings is 4.